The molecule has 0 radical (unpaired) electrons. The molecule has 0 aliphatic carbocycles. The number of hydrogen-bond donors (Lipinski definition) is 3. The molecule has 1 rings (SSSR count). The third-order valence-electron chi connectivity index (χ3n) is 2.94. The maximum Gasteiger partial charge on any atom is 0.318 e. The van der Waals surface area contributed by atoms with Crippen LogP contribution >= 0.6 is 0 Å². The van der Waals surface area contributed by atoms with Crippen molar-refractivity contribution in [3.63, 3.8) is 0 Å². The van der Waals surface area contributed by atoms with Gasteiger partial charge in [0.25, 0.3) is 0 Å². The molecule has 20 heavy (non-hydrogen) atoms. The SMILES string of the molecule is CC(NC(=O)N(CCCC(=O)O)C(C)C)c1ncc[nH]1. The first-order valence-electron chi connectivity index (χ1n) is 6.70. The lowest BCUT2D eigenvalue weighted by molar-refractivity contribution is -0.137. The minimum Gasteiger partial charge on any atom is -0.481 e. The van der Waals surface area contributed by atoms with Gasteiger partial charge >= 0.3 is 12.0 Å². The highest BCUT2D eigenvalue weighted by atomic mass is 16.4. The number of aromatic amines is 1. The molecule has 0 aliphatic rings. The van der Waals surface area contributed by atoms with Gasteiger partial charge < -0.3 is 20.3 Å². The van der Waals surface area contributed by atoms with E-state index in [4.69, 9.17) is 5.11 Å². The zero-order valence-electron chi connectivity index (χ0n) is 12.1. The van der Waals surface area contributed by atoms with E-state index < -0.39 is 5.97 Å². The van der Waals surface area contributed by atoms with Crippen molar-refractivity contribution in [3.8, 4) is 0 Å². The number of carboxylic acids is 1. The molecule has 0 saturated heterocycles. The number of carbonyl (C=O) groups is 2. The van der Waals surface area contributed by atoms with Gasteiger partial charge in [0.05, 0.1) is 6.04 Å². The van der Waals surface area contributed by atoms with Crippen molar-refractivity contribution in [1.29, 1.82) is 0 Å². The van der Waals surface area contributed by atoms with Crippen LogP contribution < -0.4 is 5.32 Å². The fourth-order valence-electron chi connectivity index (χ4n) is 1.85. The quantitative estimate of drug-likeness (QED) is 0.709. The minimum absolute atomic E-state index is 0.00703. The summed E-state index contributed by atoms with van der Waals surface area (Å²) in [6, 6.07) is -0.430. The van der Waals surface area contributed by atoms with Gasteiger partial charge in [0.1, 0.15) is 5.82 Å². The van der Waals surface area contributed by atoms with Gasteiger partial charge in [-0.3, -0.25) is 4.79 Å². The van der Waals surface area contributed by atoms with E-state index in [1.54, 1.807) is 17.3 Å². The average Bonchev–Trinajstić information content (AvgIpc) is 2.87. The average molecular weight is 282 g/mol. The van der Waals surface area contributed by atoms with E-state index in [1.165, 1.54) is 0 Å². The molecule has 0 saturated carbocycles. The molecule has 112 valence electrons. The van der Waals surface area contributed by atoms with E-state index in [2.05, 4.69) is 15.3 Å². The van der Waals surface area contributed by atoms with E-state index in [9.17, 15) is 9.59 Å². The third-order valence-corrected chi connectivity index (χ3v) is 2.94. The molecule has 0 spiro atoms. The number of aromatic nitrogens is 2. The highest BCUT2D eigenvalue weighted by Gasteiger charge is 2.20. The van der Waals surface area contributed by atoms with Gasteiger partial charge in [-0.1, -0.05) is 0 Å². The van der Waals surface area contributed by atoms with E-state index in [-0.39, 0.29) is 24.5 Å². The largest absolute Gasteiger partial charge is 0.481 e. The van der Waals surface area contributed by atoms with Gasteiger partial charge in [-0.15, -0.1) is 0 Å². The summed E-state index contributed by atoms with van der Waals surface area (Å²) in [6.45, 7) is 6.06. The lowest BCUT2D eigenvalue weighted by Gasteiger charge is -2.28. The van der Waals surface area contributed by atoms with Crippen LogP contribution in [0.25, 0.3) is 0 Å². The molecule has 7 nitrogen and oxygen atoms in total. The van der Waals surface area contributed by atoms with Crippen LogP contribution in [0.5, 0.6) is 0 Å². The molecule has 1 aromatic heterocycles. The number of carboxylic acid groups (broad SMARTS) is 1. The normalized spacial score (nSPS) is 12.2. The van der Waals surface area contributed by atoms with Crippen molar-refractivity contribution in [2.24, 2.45) is 0 Å². The maximum atomic E-state index is 12.2. The second-order valence-electron chi connectivity index (χ2n) is 4.93. The maximum absolute atomic E-state index is 12.2. The fourth-order valence-corrected chi connectivity index (χ4v) is 1.85. The van der Waals surface area contributed by atoms with Crippen LogP contribution in [0.3, 0.4) is 0 Å². The molecule has 1 aromatic rings. The molecular weight excluding hydrogens is 260 g/mol. The summed E-state index contributed by atoms with van der Waals surface area (Å²) < 4.78 is 0. The first kappa shape index (κ1) is 16.0. The number of imidazole rings is 1. The topological polar surface area (TPSA) is 98.3 Å². The third kappa shape index (κ3) is 4.91. The van der Waals surface area contributed by atoms with E-state index in [1.807, 2.05) is 20.8 Å². The molecule has 3 N–H and O–H groups in total. The summed E-state index contributed by atoms with van der Waals surface area (Å²) in [7, 11) is 0. The Morgan fingerprint density at radius 3 is 2.65 bits per heavy atom. The summed E-state index contributed by atoms with van der Waals surface area (Å²) >= 11 is 0. The lowest BCUT2D eigenvalue weighted by atomic mass is 10.2. The summed E-state index contributed by atoms with van der Waals surface area (Å²) in [5.74, 6) is -0.161. The number of rotatable bonds is 7. The Hall–Kier alpha value is -2.05. The Labute approximate surface area is 118 Å². The van der Waals surface area contributed by atoms with E-state index >= 15 is 0 Å². The minimum atomic E-state index is -0.849. The smallest absolute Gasteiger partial charge is 0.318 e. The van der Waals surface area contributed by atoms with Crippen molar-refractivity contribution in [2.75, 3.05) is 6.54 Å². The highest BCUT2D eigenvalue weighted by Crippen LogP contribution is 2.08. The molecule has 1 atom stereocenters. The van der Waals surface area contributed by atoms with Gasteiger partial charge in [0, 0.05) is 31.4 Å². The molecule has 0 bridgehead atoms. The molecule has 0 aromatic carbocycles. The summed E-state index contributed by atoms with van der Waals surface area (Å²) in [5, 5.41) is 11.5. The lowest BCUT2D eigenvalue weighted by Crippen LogP contribution is -2.45. The molecule has 0 aliphatic heterocycles. The molecular formula is C13H22N4O3. The van der Waals surface area contributed by atoms with Crippen LogP contribution in [0.2, 0.25) is 0 Å². The van der Waals surface area contributed by atoms with Crippen LogP contribution in [0.1, 0.15) is 45.5 Å². The standard InChI is InChI=1S/C13H22N4O3/c1-9(2)17(8-4-5-11(18)19)13(20)16-10(3)12-14-6-7-15-12/h6-7,9-10H,4-5,8H2,1-3H3,(H,14,15)(H,16,20)(H,18,19). The number of aliphatic carboxylic acids is 1. The Morgan fingerprint density at radius 2 is 2.15 bits per heavy atom. The second kappa shape index (κ2) is 7.52. The Kier molecular flexibility index (Phi) is 6.02. The monoisotopic (exact) mass is 282 g/mol. The molecule has 7 heteroatoms. The highest BCUT2D eigenvalue weighted by molar-refractivity contribution is 5.75. The van der Waals surface area contributed by atoms with Crippen molar-refractivity contribution in [3.05, 3.63) is 18.2 Å². The van der Waals surface area contributed by atoms with Crippen molar-refractivity contribution in [2.45, 2.75) is 45.7 Å². The molecule has 1 unspecified atom stereocenters. The molecule has 2 amide bonds. The molecule has 1 heterocycles. The number of nitrogens with zero attached hydrogens (tertiary/aromatic N) is 2. The fraction of sp³-hybridized carbons (Fsp3) is 0.615. The summed E-state index contributed by atoms with van der Waals surface area (Å²) in [4.78, 5) is 31.4. The summed E-state index contributed by atoms with van der Waals surface area (Å²) in [5.41, 5.74) is 0. The van der Waals surface area contributed by atoms with Crippen molar-refractivity contribution < 1.29 is 14.7 Å². The van der Waals surface area contributed by atoms with E-state index in [0.717, 1.165) is 0 Å². The van der Waals surface area contributed by atoms with Crippen LogP contribution in [0, 0.1) is 0 Å². The van der Waals surface area contributed by atoms with Crippen LogP contribution in [0.4, 0.5) is 4.79 Å². The predicted molar refractivity (Wildman–Crippen MR) is 74.2 cm³/mol. The number of carbonyl (C=O) groups excluding carboxylic acids is 1. The number of hydrogen-bond acceptors (Lipinski definition) is 3. The number of H-pyrrole nitrogens is 1. The summed E-state index contributed by atoms with van der Waals surface area (Å²) in [6.07, 6.45) is 3.83. The van der Waals surface area contributed by atoms with Gasteiger partial charge in [-0.05, 0) is 27.2 Å². The van der Waals surface area contributed by atoms with Crippen LogP contribution in [-0.4, -0.2) is 44.6 Å². The zero-order chi connectivity index (χ0) is 15.1. The Morgan fingerprint density at radius 1 is 1.45 bits per heavy atom. The second-order valence-corrected chi connectivity index (χ2v) is 4.93. The van der Waals surface area contributed by atoms with Crippen LogP contribution in [-0.2, 0) is 4.79 Å². The van der Waals surface area contributed by atoms with Crippen molar-refractivity contribution >= 4 is 12.0 Å². The Balaban J connectivity index is 2.53. The van der Waals surface area contributed by atoms with Crippen molar-refractivity contribution in [1.82, 2.24) is 20.2 Å². The van der Waals surface area contributed by atoms with Gasteiger partial charge in [-0.2, -0.15) is 0 Å². The van der Waals surface area contributed by atoms with Crippen LogP contribution in [0.15, 0.2) is 12.4 Å². The van der Waals surface area contributed by atoms with Gasteiger partial charge in [0.2, 0.25) is 0 Å². The van der Waals surface area contributed by atoms with Gasteiger partial charge in [-0.25, -0.2) is 9.78 Å². The molecule has 0 fully saturated rings. The van der Waals surface area contributed by atoms with E-state index in [0.29, 0.717) is 18.8 Å². The first-order valence-corrected chi connectivity index (χ1v) is 6.70. The zero-order valence-corrected chi connectivity index (χ0v) is 12.1. The predicted octanol–water partition coefficient (Wildman–Crippen LogP) is 1.76. The number of amides is 2. The van der Waals surface area contributed by atoms with Gasteiger partial charge in [0.15, 0.2) is 0 Å². The number of urea groups is 1. The Bertz CT molecular complexity index is 431. The first-order chi connectivity index (χ1) is 9.41. The number of nitrogens with one attached hydrogen (secondary N) is 2.